The van der Waals surface area contributed by atoms with Crippen LogP contribution < -0.4 is 4.90 Å². The van der Waals surface area contributed by atoms with Crippen molar-refractivity contribution < 1.29 is 13.6 Å². The fraction of sp³-hybridized carbons (Fsp3) is 0.381. The molecule has 0 aliphatic carbocycles. The van der Waals surface area contributed by atoms with Crippen LogP contribution >= 0.6 is 0 Å². The summed E-state index contributed by atoms with van der Waals surface area (Å²) in [6.07, 6.45) is 7.28. The molecule has 0 atom stereocenters. The first-order chi connectivity index (χ1) is 14.3. The maximum absolute atomic E-state index is 12.8. The Hall–Kier alpha value is -3.13. The molecule has 1 amide bonds. The molecule has 8 nitrogen and oxygen atoms in total. The van der Waals surface area contributed by atoms with E-state index in [1.807, 2.05) is 29.2 Å². The summed E-state index contributed by atoms with van der Waals surface area (Å²) in [5.41, 5.74) is 0. The molecule has 1 saturated heterocycles. The Bertz CT molecular complexity index is 823. The van der Waals surface area contributed by atoms with Gasteiger partial charge in [-0.2, -0.15) is 0 Å². The molecule has 1 aliphatic rings. The molecule has 0 aromatic carbocycles. The molecule has 152 valence electrons. The minimum absolute atomic E-state index is 0.169. The SMILES string of the molecule is O=C(CCN(Cc1ccco1)Cc1ccco1)N1CCN(c2ncccn2)CC1. The Morgan fingerprint density at radius 2 is 1.55 bits per heavy atom. The molecule has 8 heteroatoms. The summed E-state index contributed by atoms with van der Waals surface area (Å²) in [6.45, 7) is 4.79. The van der Waals surface area contributed by atoms with Gasteiger partial charge in [0.2, 0.25) is 11.9 Å². The molecule has 1 aliphatic heterocycles. The second kappa shape index (κ2) is 9.38. The van der Waals surface area contributed by atoms with Crippen molar-refractivity contribution in [3.05, 3.63) is 66.8 Å². The highest BCUT2D eigenvalue weighted by molar-refractivity contribution is 5.76. The van der Waals surface area contributed by atoms with Gasteiger partial charge in [0.25, 0.3) is 0 Å². The molecular weight excluding hydrogens is 370 g/mol. The fourth-order valence-electron chi connectivity index (χ4n) is 3.48. The predicted molar refractivity (Wildman–Crippen MR) is 107 cm³/mol. The number of nitrogens with zero attached hydrogens (tertiary/aromatic N) is 5. The predicted octanol–water partition coefficient (Wildman–Crippen LogP) is 2.40. The number of hydrogen-bond acceptors (Lipinski definition) is 7. The number of amides is 1. The maximum atomic E-state index is 12.8. The Labute approximate surface area is 169 Å². The number of carbonyl (C=O) groups excluding carboxylic acids is 1. The molecule has 4 heterocycles. The Balaban J connectivity index is 1.28. The standard InChI is InChI=1S/C21H25N5O3/c27-20(25-10-12-26(13-11-25)21-22-7-3-8-23-21)6-9-24(16-18-4-1-14-28-18)17-19-5-2-15-29-19/h1-5,7-8,14-15H,6,9-13,16-17H2. The van der Waals surface area contributed by atoms with Gasteiger partial charge in [-0.15, -0.1) is 0 Å². The number of anilines is 1. The van der Waals surface area contributed by atoms with Crippen LogP contribution in [0.1, 0.15) is 17.9 Å². The lowest BCUT2D eigenvalue weighted by atomic mass is 10.2. The Kier molecular flexibility index (Phi) is 6.21. The zero-order valence-electron chi connectivity index (χ0n) is 16.3. The molecule has 0 unspecified atom stereocenters. The van der Waals surface area contributed by atoms with Crippen molar-refractivity contribution in [2.75, 3.05) is 37.6 Å². The van der Waals surface area contributed by atoms with E-state index in [2.05, 4.69) is 19.8 Å². The lowest BCUT2D eigenvalue weighted by Gasteiger charge is -2.35. The Morgan fingerprint density at radius 1 is 0.931 bits per heavy atom. The van der Waals surface area contributed by atoms with Gasteiger partial charge in [0, 0.05) is 51.5 Å². The van der Waals surface area contributed by atoms with Crippen LogP contribution in [0.3, 0.4) is 0 Å². The first-order valence-corrected chi connectivity index (χ1v) is 9.85. The summed E-state index contributed by atoms with van der Waals surface area (Å²) >= 11 is 0. The minimum Gasteiger partial charge on any atom is -0.468 e. The lowest BCUT2D eigenvalue weighted by Crippen LogP contribution is -2.49. The van der Waals surface area contributed by atoms with Crippen molar-refractivity contribution in [3.8, 4) is 0 Å². The van der Waals surface area contributed by atoms with E-state index in [0.29, 0.717) is 39.1 Å². The Morgan fingerprint density at radius 3 is 2.10 bits per heavy atom. The van der Waals surface area contributed by atoms with Crippen molar-refractivity contribution in [3.63, 3.8) is 0 Å². The summed E-state index contributed by atoms with van der Waals surface area (Å²) in [5, 5.41) is 0. The van der Waals surface area contributed by atoms with Crippen molar-refractivity contribution in [2.24, 2.45) is 0 Å². The molecule has 0 spiro atoms. The number of furan rings is 2. The first-order valence-electron chi connectivity index (χ1n) is 9.85. The van der Waals surface area contributed by atoms with Crippen molar-refractivity contribution in [2.45, 2.75) is 19.5 Å². The average Bonchev–Trinajstić information content (AvgIpc) is 3.47. The lowest BCUT2D eigenvalue weighted by molar-refractivity contribution is -0.132. The first kappa shape index (κ1) is 19.2. The third-order valence-corrected chi connectivity index (χ3v) is 5.03. The maximum Gasteiger partial charge on any atom is 0.225 e. The molecule has 0 saturated carbocycles. The van der Waals surface area contributed by atoms with Gasteiger partial charge in [-0.05, 0) is 30.3 Å². The van der Waals surface area contributed by atoms with E-state index in [9.17, 15) is 4.79 Å². The quantitative estimate of drug-likeness (QED) is 0.579. The van der Waals surface area contributed by atoms with Gasteiger partial charge in [0.05, 0.1) is 25.6 Å². The van der Waals surface area contributed by atoms with Crippen LogP contribution in [-0.4, -0.2) is 58.4 Å². The van der Waals surface area contributed by atoms with Crippen LogP contribution in [0, 0.1) is 0 Å². The minimum atomic E-state index is 0.169. The smallest absolute Gasteiger partial charge is 0.225 e. The molecule has 3 aromatic heterocycles. The van der Waals surface area contributed by atoms with Crippen LogP contribution in [0.15, 0.2) is 64.1 Å². The zero-order chi connectivity index (χ0) is 19.9. The number of piperazine rings is 1. The van der Waals surface area contributed by atoms with E-state index >= 15 is 0 Å². The van der Waals surface area contributed by atoms with Crippen molar-refractivity contribution in [1.82, 2.24) is 19.8 Å². The van der Waals surface area contributed by atoms with Gasteiger partial charge in [-0.3, -0.25) is 9.69 Å². The summed E-state index contributed by atoms with van der Waals surface area (Å²) < 4.78 is 11.0. The largest absolute Gasteiger partial charge is 0.468 e. The molecule has 29 heavy (non-hydrogen) atoms. The number of rotatable bonds is 8. The topological polar surface area (TPSA) is 78.9 Å². The highest BCUT2D eigenvalue weighted by Crippen LogP contribution is 2.14. The highest BCUT2D eigenvalue weighted by atomic mass is 16.3. The van der Waals surface area contributed by atoms with Gasteiger partial charge in [-0.25, -0.2) is 9.97 Å². The van der Waals surface area contributed by atoms with E-state index in [0.717, 1.165) is 30.6 Å². The van der Waals surface area contributed by atoms with Crippen LogP contribution in [0.25, 0.3) is 0 Å². The van der Waals surface area contributed by atoms with Gasteiger partial charge < -0.3 is 18.6 Å². The normalized spacial score (nSPS) is 14.5. The van der Waals surface area contributed by atoms with E-state index in [4.69, 9.17) is 8.83 Å². The summed E-state index contributed by atoms with van der Waals surface area (Å²) in [6, 6.07) is 9.45. The molecule has 3 aromatic rings. The van der Waals surface area contributed by atoms with E-state index in [1.54, 1.807) is 31.0 Å². The zero-order valence-corrected chi connectivity index (χ0v) is 16.3. The second-order valence-electron chi connectivity index (χ2n) is 7.04. The molecule has 4 rings (SSSR count). The molecule has 1 fully saturated rings. The number of aromatic nitrogens is 2. The summed E-state index contributed by atoms with van der Waals surface area (Å²) in [7, 11) is 0. The summed E-state index contributed by atoms with van der Waals surface area (Å²) in [4.78, 5) is 27.5. The van der Waals surface area contributed by atoms with Crippen LogP contribution in [-0.2, 0) is 17.9 Å². The molecule has 0 radical (unpaired) electrons. The average molecular weight is 395 g/mol. The number of hydrogen-bond donors (Lipinski definition) is 0. The van der Waals surface area contributed by atoms with Gasteiger partial charge in [-0.1, -0.05) is 0 Å². The van der Waals surface area contributed by atoms with Gasteiger partial charge in [0.15, 0.2) is 0 Å². The van der Waals surface area contributed by atoms with E-state index in [-0.39, 0.29) is 5.91 Å². The highest BCUT2D eigenvalue weighted by Gasteiger charge is 2.23. The number of carbonyl (C=O) groups is 1. The fourth-order valence-corrected chi connectivity index (χ4v) is 3.48. The van der Waals surface area contributed by atoms with E-state index < -0.39 is 0 Å². The third kappa shape index (κ3) is 5.23. The monoisotopic (exact) mass is 395 g/mol. The van der Waals surface area contributed by atoms with Gasteiger partial charge in [0.1, 0.15) is 11.5 Å². The molecule has 0 bridgehead atoms. The van der Waals surface area contributed by atoms with Crippen molar-refractivity contribution >= 4 is 11.9 Å². The van der Waals surface area contributed by atoms with Crippen LogP contribution in [0.2, 0.25) is 0 Å². The summed E-state index contributed by atoms with van der Waals surface area (Å²) in [5.74, 6) is 2.64. The third-order valence-electron chi connectivity index (χ3n) is 5.03. The van der Waals surface area contributed by atoms with Crippen LogP contribution in [0.5, 0.6) is 0 Å². The van der Waals surface area contributed by atoms with E-state index in [1.165, 1.54) is 0 Å². The van der Waals surface area contributed by atoms with Crippen LogP contribution in [0.4, 0.5) is 5.95 Å². The molecule has 0 N–H and O–H groups in total. The van der Waals surface area contributed by atoms with Gasteiger partial charge >= 0.3 is 0 Å². The van der Waals surface area contributed by atoms with Crippen molar-refractivity contribution in [1.29, 1.82) is 0 Å². The molecular formula is C21H25N5O3. The second-order valence-corrected chi connectivity index (χ2v) is 7.04.